The molecule has 0 saturated carbocycles. The summed E-state index contributed by atoms with van der Waals surface area (Å²) in [6, 6.07) is 5.26. The van der Waals surface area contributed by atoms with E-state index in [1.165, 1.54) is 0 Å². The van der Waals surface area contributed by atoms with Gasteiger partial charge >= 0.3 is 0 Å². The summed E-state index contributed by atoms with van der Waals surface area (Å²) in [6.45, 7) is 11.1. The number of morpholine rings is 1. The number of rotatable bonds is 4. The highest BCUT2D eigenvalue weighted by molar-refractivity contribution is 5.92. The van der Waals surface area contributed by atoms with E-state index in [4.69, 9.17) is 14.0 Å². The molecule has 3 saturated heterocycles. The fourth-order valence-electron chi connectivity index (χ4n) is 7.67. The second-order valence-electron chi connectivity index (χ2n) is 13.4. The van der Waals surface area contributed by atoms with E-state index in [0.717, 1.165) is 55.9 Å². The highest BCUT2D eigenvalue weighted by Crippen LogP contribution is 2.34. The summed E-state index contributed by atoms with van der Waals surface area (Å²) in [6.07, 6.45) is 4.17. The average molecular weight is 637 g/mol. The van der Waals surface area contributed by atoms with Crippen molar-refractivity contribution in [3.8, 4) is 5.88 Å². The number of carbonyl (C=O) groups is 3. The molecule has 3 amide bonds. The molecule has 4 aliphatic heterocycles. The Hall–Kier alpha value is -3.51. The summed E-state index contributed by atoms with van der Waals surface area (Å²) in [5.41, 5.74) is 2.37. The minimum atomic E-state index is -0.227. The second kappa shape index (κ2) is 14.9. The van der Waals surface area contributed by atoms with E-state index < -0.39 is 0 Å². The fourth-order valence-corrected chi connectivity index (χ4v) is 7.67. The topological polar surface area (TPSA) is 130 Å². The largest absolute Gasteiger partial charge is 0.478 e. The summed E-state index contributed by atoms with van der Waals surface area (Å²) < 4.78 is 16.9. The number of aryl methyl sites for hydroxylation is 2. The molecule has 0 spiro atoms. The number of hydrogen-bond acceptors (Lipinski definition) is 9. The third kappa shape index (κ3) is 7.88. The van der Waals surface area contributed by atoms with Gasteiger partial charge < -0.3 is 29.1 Å². The number of nitrogens with zero attached hydrogens (tertiary/aromatic N) is 5. The highest BCUT2D eigenvalue weighted by Gasteiger charge is 2.37. The van der Waals surface area contributed by atoms with Gasteiger partial charge in [0.15, 0.2) is 0 Å². The van der Waals surface area contributed by atoms with Crippen molar-refractivity contribution >= 4 is 17.7 Å². The maximum Gasteiger partial charge on any atom is 0.270 e. The lowest BCUT2D eigenvalue weighted by molar-refractivity contribution is -0.139. The van der Waals surface area contributed by atoms with Crippen molar-refractivity contribution in [2.24, 2.45) is 23.7 Å². The van der Waals surface area contributed by atoms with Crippen molar-refractivity contribution in [2.75, 3.05) is 65.6 Å². The molecule has 1 N–H and O–H groups in total. The van der Waals surface area contributed by atoms with Crippen molar-refractivity contribution in [1.29, 1.82) is 0 Å². The predicted octanol–water partition coefficient (Wildman–Crippen LogP) is 2.83. The first-order valence-corrected chi connectivity index (χ1v) is 17.0. The van der Waals surface area contributed by atoms with Gasteiger partial charge in [-0.1, -0.05) is 11.2 Å². The van der Waals surface area contributed by atoms with Gasteiger partial charge in [0.05, 0.1) is 25.5 Å². The van der Waals surface area contributed by atoms with Gasteiger partial charge in [-0.3, -0.25) is 19.3 Å². The summed E-state index contributed by atoms with van der Waals surface area (Å²) in [7, 11) is 0. The van der Waals surface area contributed by atoms with Gasteiger partial charge in [-0.25, -0.2) is 4.98 Å². The fraction of sp³-hybridized carbons (Fsp3) is 0.676. The molecule has 0 unspecified atom stereocenters. The Labute approximate surface area is 271 Å². The van der Waals surface area contributed by atoms with Crippen LogP contribution in [-0.4, -0.2) is 108 Å². The van der Waals surface area contributed by atoms with E-state index in [1.807, 2.05) is 23.6 Å². The number of ether oxygens (including phenoxy) is 2. The van der Waals surface area contributed by atoms with Crippen molar-refractivity contribution in [2.45, 2.75) is 58.9 Å². The molecule has 12 nitrogen and oxygen atoms in total. The Morgan fingerprint density at radius 3 is 2.61 bits per heavy atom. The molecule has 2 aromatic rings. The molecule has 6 heterocycles. The molecule has 12 heteroatoms. The molecule has 4 aliphatic rings. The van der Waals surface area contributed by atoms with E-state index in [2.05, 4.69) is 20.4 Å². The van der Waals surface area contributed by atoms with Crippen LogP contribution in [-0.2, 0) is 20.9 Å². The quantitative estimate of drug-likeness (QED) is 0.539. The molecule has 4 bridgehead atoms. The van der Waals surface area contributed by atoms with Crippen molar-refractivity contribution in [3.05, 3.63) is 40.9 Å². The molecule has 4 atom stereocenters. The van der Waals surface area contributed by atoms with E-state index in [1.54, 1.807) is 18.2 Å². The molecule has 3 fully saturated rings. The van der Waals surface area contributed by atoms with E-state index in [9.17, 15) is 14.4 Å². The maximum atomic E-state index is 13.9. The summed E-state index contributed by atoms with van der Waals surface area (Å²) in [4.78, 5) is 51.0. The average Bonchev–Trinajstić information content (AvgIpc) is 3.38. The zero-order valence-electron chi connectivity index (χ0n) is 27.2. The number of hydrogen-bond donors (Lipinski definition) is 1. The third-order valence-corrected chi connectivity index (χ3v) is 10.5. The van der Waals surface area contributed by atoms with Gasteiger partial charge in [0.2, 0.25) is 17.7 Å². The number of pyridine rings is 1. The van der Waals surface area contributed by atoms with Crippen LogP contribution in [0.25, 0.3) is 0 Å². The highest BCUT2D eigenvalue weighted by atomic mass is 16.5. The first-order chi connectivity index (χ1) is 22.3. The SMILES string of the molecule is Cc1noc(C)c1CN1CC[C@H]2CC(=O)N3CC[C@@H](CC(=O)N4CCOCC4)[C@@H](CCOc4cccc(n4)C(=O)NCC[C@H]2C1)C3. The third-order valence-electron chi connectivity index (χ3n) is 10.5. The van der Waals surface area contributed by atoms with Crippen molar-refractivity contribution in [3.63, 3.8) is 0 Å². The second-order valence-corrected chi connectivity index (χ2v) is 13.4. The lowest BCUT2D eigenvalue weighted by atomic mass is 9.79. The van der Waals surface area contributed by atoms with Gasteiger partial charge in [-0.15, -0.1) is 0 Å². The Morgan fingerprint density at radius 1 is 0.957 bits per heavy atom. The minimum Gasteiger partial charge on any atom is -0.478 e. The van der Waals surface area contributed by atoms with Gasteiger partial charge in [-0.2, -0.15) is 0 Å². The molecular formula is C34H48N6O6. The first kappa shape index (κ1) is 32.4. The maximum absolute atomic E-state index is 13.9. The number of piperidine rings is 2. The molecule has 6 rings (SSSR count). The zero-order valence-corrected chi connectivity index (χ0v) is 27.2. The number of nitrogens with one attached hydrogen (secondary N) is 1. The van der Waals surface area contributed by atoms with Crippen LogP contribution in [0, 0.1) is 37.5 Å². The minimum absolute atomic E-state index is 0.137. The number of amides is 3. The molecule has 2 aromatic heterocycles. The predicted molar refractivity (Wildman–Crippen MR) is 169 cm³/mol. The summed E-state index contributed by atoms with van der Waals surface area (Å²) in [5.74, 6) is 2.18. The monoisotopic (exact) mass is 636 g/mol. The van der Waals surface area contributed by atoms with E-state index in [-0.39, 0.29) is 41.4 Å². The number of carbonyl (C=O) groups excluding carboxylic acids is 3. The standard InChI is InChI=1S/C34H48N6O6/c1-23-29(24(2)46-37-23)22-38-11-7-25-19-33(42)40-12-8-26(18-32(41)39-13-16-44-17-14-39)28(21-40)9-15-45-31-5-3-4-30(36-31)34(43)35-10-6-27(25)20-38/h3-5,25-28H,6-22H2,1-2H3,(H,35,43)/t25-,26-,27-,28-/m0/s1. The Balaban J connectivity index is 1.18. The van der Waals surface area contributed by atoms with Crippen molar-refractivity contribution in [1.82, 2.24) is 30.2 Å². The van der Waals surface area contributed by atoms with Gasteiger partial charge in [-0.05, 0) is 75.8 Å². The summed E-state index contributed by atoms with van der Waals surface area (Å²) >= 11 is 0. The van der Waals surface area contributed by atoms with Crippen molar-refractivity contribution < 1.29 is 28.4 Å². The van der Waals surface area contributed by atoms with Crippen LogP contribution in [0.2, 0.25) is 0 Å². The Kier molecular flexibility index (Phi) is 10.5. The molecular weight excluding hydrogens is 588 g/mol. The van der Waals surface area contributed by atoms with Crippen LogP contribution in [0.4, 0.5) is 0 Å². The normalized spacial score (nSPS) is 26.9. The van der Waals surface area contributed by atoms with Crippen LogP contribution < -0.4 is 10.1 Å². The number of aromatic nitrogens is 2. The lowest BCUT2D eigenvalue weighted by Gasteiger charge is -2.42. The van der Waals surface area contributed by atoms with Crippen LogP contribution in [0.3, 0.4) is 0 Å². The van der Waals surface area contributed by atoms with Gasteiger partial charge in [0, 0.05) is 70.3 Å². The lowest BCUT2D eigenvalue weighted by Crippen LogP contribution is -2.48. The number of fused-ring (bicyclic) bond motifs is 5. The molecule has 250 valence electrons. The van der Waals surface area contributed by atoms with Gasteiger partial charge in [0.1, 0.15) is 11.5 Å². The zero-order chi connectivity index (χ0) is 32.0. The van der Waals surface area contributed by atoms with Crippen LogP contribution in [0.15, 0.2) is 22.7 Å². The van der Waals surface area contributed by atoms with Crippen LogP contribution in [0.1, 0.15) is 66.0 Å². The smallest absolute Gasteiger partial charge is 0.270 e. The first-order valence-electron chi connectivity index (χ1n) is 17.0. The van der Waals surface area contributed by atoms with E-state index in [0.29, 0.717) is 83.4 Å². The van der Waals surface area contributed by atoms with Crippen LogP contribution in [0.5, 0.6) is 5.88 Å². The molecule has 46 heavy (non-hydrogen) atoms. The molecule has 0 aromatic carbocycles. The van der Waals surface area contributed by atoms with E-state index >= 15 is 0 Å². The number of likely N-dealkylation sites (tertiary alicyclic amines) is 1. The van der Waals surface area contributed by atoms with Gasteiger partial charge in [0.25, 0.3) is 5.91 Å². The molecule has 0 radical (unpaired) electrons. The Morgan fingerprint density at radius 2 is 1.80 bits per heavy atom. The Bertz CT molecular complexity index is 1360. The summed E-state index contributed by atoms with van der Waals surface area (Å²) in [5, 5.41) is 7.19. The van der Waals surface area contributed by atoms with Crippen LogP contribution >= 0.6 is 0 Å². The molecule has 0 aliphatic carbocycles.